The van der Waals surface area contributed by atoms with E-state index in [1.165, 1.54) is 23.1 Å². The Hall–Kier alpha value is -2.29. The molecule has 2 aromatic carbocycles. The van der Waals surface area contributed by atoms with Crippen LogP contribution in [0, 0.1) is 13.8 Å². The van der Waals surface area contributed by atoms with Gasteiger partial charge in [0.25, 0.3) is 0 Å². The van der Waals surface area contributed by atoms with Crippen LogP contribution in [0.15, 0.2) is 42.5 Å². The van der Waals surface area contributed by atoms with Gasteiger partial charge in [0.15, 0.2) is 0 Å². The Bertz CT molecular complexity index is 641. The number of amides is 2. The lowest BCUT2D eigenvalue weighted by molar-refractivity contribution is 0.250. The van der Waals surface area contributed by atoms with Crippen LogP contribution in [-0.2, 0) is 6.42 Å². The van der Waals surface area contributed by atoms with Crippen molar-refractivity contribution in [1.29, 1.82) is 0 Å². The maximum absolute atomic E-state index is 11.5. The smallest absolute Gasteiger partial charge is 0.319 e. The Morgan fingerprint density at radius 3 is 2.18 bits per heavy atom. The maximum atomic E-state index is 11.5. The third-order valence-electron chi connectivity index (χ3n) is 3.65. The summed E-state index contributed by atoms with van der Waals surface area (Å²) in [7, 11) is 0. The Morgan fingerprint density at radius 1 is 1.00 bits per heavy atom. The van der Waals surface area contributed by atoms with Gasteiger partial charge in [0.1, 0.15) is 0 Å². The summed E-state index contributed by atoms with van der Waals surface area (Å²) in [6, 6.07) is 14.4. The van der Waals surface area contributed by atoms with Crippen LogP contribution >= 0.6 is 0 Å². The van der Waals surface area contributed by atoms with Gasteiger partial charge in [-0.2, -0.15) is 0 Å². The molecular formula is C19H24N2O. The monoisotopic (exact) mass is 296 g/mol. The maximum Gasteiger partial charge on any atom is 0.319 e. The first-order valence-electron chi connectivity index (χ1n) is 7.68. The number of urea groups is 1. The summed E-state index contributed by atoms with van der Waals surface area (Å²) in [6.07, 6.45) is 1.24. The zero-order valence-corrected chi connectivity index (χ0v) is 13.7. The number of anilines is 1. The highest BCUT2D eigenvalue weighted by molar-refractivity contribution is 5.90. The Kier molecular flexibility index (Phi) is 5.21. The molecule has 0 aliphatic heterocycles. The van der Waals surface area contributed by atoms with Crippen molar-refractivity contribution in [2.45, 2.75) is 40.2 Å². The van der Waals surface area contributed by atoms with Gasteiger partial charge >= 0.3 is 6.03 Å². The van der Waals surface area contributed by atoms with Crippen LogP contribution in [0.4, 0.5) is 10.5 Å². The third-order valence-corrected chi connectivity index (χ3v) is 3.65. The highest BCUT2D eigenvalue weighted by Gasteiger charge is 2.12. The molecule has 2 N–H and O–H groups in total. The third kappa shape index (κ3) is 4.62. The number of carbonyl (C=O) groups is 1. The van der Waals surface area contributed by atoms with Gasteiger partial charge in [0.2, 0.25) is 0 Å². The van der Waals surface area contributed by atoms with Crippen LogP contribution in [0.5, 0.6) is 0 Å². The molecule has 0 aromatic heterocycles. The van der Waals surface area contributed by atoms with Crippen molar-refractivity contribution in [2.24, 2.45) is 0 Å². The number of nitrogens with one attached hydrogen (secondary N) is 2. The Balaban J connectivity index is 0.000000205. The molecule has 0 radical (unpaired) electrons. The summed E-state index contributed by atoms with van der Waals surface area (Å²) in [5.74, 6) is 0. The molecule has 1 aliphatic rings. The molecule has 0 saturated carbocycles. The number of benzene rings is 2. The average molecular weight is 296 g/mol. The summed E-state index contributed by atoms with van der Waals surface area (Å²) in [6.45, 7) is 7.90. The Labute approximate surface area is 132 Å². The second-order valence-electron chi connectivity index (χ2n) is 5.95. The lowest BCUT2D eigenvalue weighted by Crippen LogP contribution is -2.34. The van der Waals surface area contributed by atoms with Gasteiger partial charge in [0, 0.05) is 11.7 Å². The molecule has 3 nitrogen and oxygen atoms in total. The molecule has 0 fully saturated rings. The molecule has 0 spiro atoms. The Morgan fingerprint density at radius 2 is 1.64 bits per heavy atom. The minimum atomic E-state index is -0.154. The lowest BCUT2D eigenvalue weighted by Gasteiger charge is -2.12. The van der Waals surface area contributed by atoms with E-state index in [9.17, 15) is 4.79 Å². The van der Waals surface area contributed by atoms with Gasteiger partial charge in [-0.05, 0) is 62.4 Å². The average Bonchev–Trinajstić information content (AvgIpc) is 3.23. The van der Waals surface area contributed by atoms with Crippen molar-refractivity contribution < 1.29 is 4.79 Å². The molecule has 0 heterocycles. The fourth-order valence-corrected chi connectivity index (χ4v) is 2.14. The van der Waals surface area contributed by atoms with E-state index in [0.717, 1.165) is 11.3 Å². The summed E-state index contributed by atoms with van der Waals surface area (Å²) >= 11 is 0. The molecule has 2 aromatic rings. The predicted molar refractivity (Wildman–Crippen MR) is 92.5 cm³/mol. The van der Waals surface area contributed by atoms with Gasteiger partial charge < -0.3 is 10.6 Å². The molecule has 22 heavy (non-hydrogen) atoms. The second kappa shape index (κ2) is 7.12. The molecule has 1 aliphatic carbocycles. The zero-order valence-electron chi connectivity index (χ0n) is 13.7. The predicted octanol–water partition coefficient (Wildman–Crippen LogP) is 4.42. The van der Waals surface area contributed by atoms with Crippen molar-refractivity contribution in [3.8, 4) is 0 Å². The standard InChI is InChI=1S/C12H18N2O.C7H6/c1-8(2)13-12(15)14-11-7-5-6-9(3)10(11)4;1-2-4-7-5-6(7)3-1/h5-8H,1-4H3,(H2,13,14,15);1-4H,5H2. The number of aryl methyl sites for hydroxylation is 1. The van der Waals surface area contributed by atoms with E-state index in [2.05, 4.69) is 34.9 Å². The first kappa shape index (κ1) is 16.1. The summed E-state index contributed by atoms with van der Waals surface area (Å²) < 4.78 is 0. The molecule has 3 rings (SSSR count). The highest BCUT2D eigenvalue weighted by atomic mass is 16.2. The molecule has 2 amide bonds. The van der Waals surface area contributed by atoms with E-state index in [1.807, 2.05) is 45.9 Å². The van der Waals surface area contributed by atoms with E-state index in [-0.39, 0.29) is 12.1 Å². The van der Waals surface area contributed by atoms with Crippen LogP contribution in [0.1, 0.15) is 36.1 Å². The molecule has 0 unspecified atom stereocenters. The van der Waals surface area contributed by atoms with E-state index >= 15 is 0 Å². The molecule has 116 valence electrons. The van der Waals surface area contributed by atoms with E-state index in [1.54, 1.807) is 0 Å². The van der Waals surface area contributed by atoms with Crippen LogP contribution in [0.2, 0.25) is 0 Å². The summed E-state index contributed by atoms with van der Waals surface area (Å²) in [5.41, 5.74) is 6.21. The SMILES string of the molecule is Cc1cccc(NC(=O)NC(C)C)c1C.c1ccc2c(c1)C2. The summed E-state index contributed by atoms with van der Waals surface area (Å²) in [5, 5.41) is 5.62. The number of carbonyl (C=O) groups excluding carboxylic acids is 1. The quantitative estimate of drug-likeness (QED) is 0.722. The van der Waals surface area contributed by atoms with E-state index < -0.39 is 0 Å². The van der Waals surface area contributed by atoms with Crippen LogP contribution in [0.25, 0.3) is 0 Å². The summed E-state index contributed by atoms with van der Waals surface area (Å²) in [4.78, 5) is 11.5. The van der Waals surface area contributed by atoms with E-state index in [0.29, 0.717) is 0 Å². The van der Waals surface area contributed by atoms with Gasteiger partial charge in [-0.25, -0.2) is 4.79 Å². The highest BCUT2D eigenvalue weighted by Crippen LogP contribution is 2.25. The minimum Gasteiger partial charge on any atom is -0.336 e. The van der Waals surface area contributed by atoms with Crippen LogP contribution in [0.3, 0.4) is 0 Å². The van der Waals surface area contributed by atoms with Crippen molar-refractivity contribution in [2.75, 3.05) is 5.32 Å². The van der Waals surface area contributed by atoms with Crippen molar-refractivity contribution in [3.05, 3.63) is 64.7 Å². The van der Waals surface area contributed by atoms with Gasteiger partial charge in [-0.1, -0.05) is 36.4 Å². The fourth-order valence-electron chi connectivity index (χ4n) is 2.14. The number of hydrogen-bond acceptors (Lipinski definition) is 1. The molecular weight excluding hydrogens is 272 g/mol. The number of rotatable bonds is 2. The van der Waals surface area contributed by atoms with Crippen LogP contribution in [-0.4, -0.2) is 12.1 Å². The van der Waals surface area contributed by atoms with Gasteiger partial charge in [0.05, 0.1) is 0 Å². The zero-order chi connectivity index (χ0) is 16.1. The normalized spacial score (nSPS) is 11.1. The van der Waals surface area contributed by atoms with Crippen LogP contribution < -0.4 is 10.6 Å². The van der Waals surface area contributed by atoms with E-state index in [4.69, 9.17) is 0 Å². The minimum absolute atomic E-state index is 0.148. The number of fused-ring (bicyclic) bond motifs is 1. The first-order chi connectivity index (χ1) is 10.5. The van der Waals surface area contributed by atoms with Crippen molar-refractivity contribution >= 4 is 11.7 Å². The second-order valence-corrected chi connectivity index (χ2v) is 5.95. The largest absolute Gasteiger partial charge is 0.336 e. The topological polar surface area (TPSA) is 41.1 Å². The van der Waals surface area contributed by atoms with Crippen molar-refractivity contribution in [3.63, 3.8) is 0 Å². The lowest BCUT2D eigenvalue weighted by atomic mass is 10.1. The molecule has 3 heteroatoms. The first-order valence-corrected chi connectivity index (χ1v) is 7.68. The fraction of sp³-hybridized carbons (Fsp3) is 0.316. The molecule has 0 bridgehead atoms. The van der Waals surface area contributed by atoms with Crippen molar-refractivity contribution in [1.82, 2.24) is 5.32 Å². The molecule has 0 atom stereocenters. The van der Waals surface area contributed by atoms with Gasteiger partial charge in [-0.3, -0.25) is 0 Å². The van der Waals surface area contributed by atoms with Gasteiger partial charge in [-0.15, -0.1) is 0 Å². The number of hydrogen-bond donors (Lipinski definition) is 2. The molecule has 0 saturated heterocycles.